The van der Waals surface area contributed by atoms with E-state index >= 15 is 0 Å². The van der Waals surface area contributed by atoms with E-state index in [4.69, 9.17) is 0 Å². The zero-order chi connectivity index (χ0) is 13.8. The van der Waals surface area contributed by atoms with Crippen LogP contribution in [0.1, 0.15) is 40.0 Å². The molecule has 1 saturated heterocycles. The Kier molecular flexibility index (Phi) is 5.15. The van der Waals surface area contributed by atoms with Gasteiger partial charge in [-0.25, -0.2) is 0 Å². The Bertz CT molecular complexity index is 330. The van der Waals surface area contributed by atoms with Crippen molar-refractivity contribution in [1.29, 1.82) is 5.26 Å². The Labute approximate surface area is 111 Å². The first-order valence-corrected chi connectivity index (χ1v) is 6.91. The van der Waals surface area contributed by atoms with Gasteiger partial charge < -0.3 is 9.80 Å². The quantitative estimate of drug-likeness (QED) is 0.769. The van der Waals surface area contributed by atoms with E-state index < -0.39 is 5.41 Å². The van der Waals surface area contributed by atoms with Gasteiger partial charge in [0, 0.05) is 19.1 Å². The van der Waals surface area contributed by atoms with Crippen molar-refractivity contribution in [3.63, 3.8) is 0 Å². The van der Waals surface area contributed by atoms with E-state index in [0.29, 0.717) is 12.8 Å². The van der Waals surface area contributed by atoms with Gasteiger partial charge in [-0.05, 0) is 39.8 Å². The van der Waals surface area contributed by atoms with Gasteiger partial charge in [0.15, 0.2) is 0 Å². The average molecular weight is 251 g/mol. The van der Waals surface area contributed by atoms with E-state index in [2.05, 4.69) is 24.9 Å². The van der Waals surface area contributed by atoms with E-state index in [-0.39, 0.29) is 11.9 Å². The molecule has 1 rings (SSSR count). The summed E-state index contributed by atoms with van der Waals surface area (Å²) in [6.07, 6.45) is 2.18. The summed E-state index contributed by atoms with van der Waals surface area (Å²) in [6.45, 7) is 8.62. The second-order valence-electron chi connectivity index (χ2n) is 5.36. The summed E-state index contributed by atoms with van der Waals surface area (Å²) >= 11 is 0. The van der Waals surface area contributed by atoms with Crippen molar-refractivity contribution in [3.8, 4) is 6.07 Å². The van der Waals surface area contributed by atoms with Crippen LogP contribution in [0.2, 0.25) is 0 Å². The summed E-state index contributed by atoms with van der Waals surface area (Å²) in [7, 11) is 2.08. The fourth-order valence-electron chi connectivity index (χ4n) is 2.71. The molecule has 0 aliphatic carbocycles. The van der Waals surface area contributed by atoms with Crippen molar-refractivity contribution in [2.45, 2.75) is 46.1 Å². The van der Waals surface area contributed by atoms with E-state index in [1.165, 1.54) is 0 Å². The zero-order valence-electron chi connectivity index (χ0n) is 12.1. The van der Waals surface area contributed by atoms with E-state index in [1.54, 1.807) is 0 Å². The number of nitrogens with zero attached hydrogens (tertiary/aromatic N) is 3. The zero-order valence-corrected chi connectivity index (χ0v) is 12.1. The van der Waals surface area contributed by atoms with Gasteiger partial charge in [-0.2, -0.15) is 5.26 Å². The molecule has 0 bridgehead atoms. The summed E-state index contributed by atoms with van der Waals surface area (Å²) in [4.78, 5) is 16.8. The highest BCUT2D eigenvalue weighted by atomic mass is 16.2. The lowest BCUT2D eigenvalue weighted by Crippen LogP contribution is -2.48. The van der Waals surface area contributed by atoms with Crippen LogP contribution >= 0.6 is 0 Å². The van der Waals surface area contributed by atoms with Crippen LogP contribution in [0.5, 0.6) is 0 Å². The van der Waals surface area contributed by atoms with Crippen molar-refractivity contribution >= 4 is 5.91 Å². The largest absolute Gasteiger partial charge is 0.337 e. The number of likely N-dealkylation sites (N-methyl/N-ethyl adjacent to an activating group) is 1. The molecule has 4 heteroatoms. The molecule has 1 fully saturated rings. The summed E-state index contributed by atoms with van der Waals surface area (Å²) in [6, 6.07) is 2.45. The number of hydrogen-bond acceptors (Lipinski definition) is 3. The molecule has 1 unspecified atom stereocenters. The molecule has 102 valence electrons. The summed E-state index contributed by atoms with van der Waals surface area (Å²) in [5, 5.41) is 9.38. The maximum absolute atomic E-state index is 12.7. The third kappa shape index (κ3) is 2.84. The highest BCUT2D eigenvalue weighted by molar-refractivity contribution is 5.85. The second kappa shape index (κ2) is 6.19. The monoisotopic (exact) mass is 251 g/mol. The van der Waals surface area contributed by atoms with Crippen LogP contribution in [0.25, 0.3) is 0 Å². The van der Waals surface area contributed by atoms with Crippen LogP contribution in [-0.2, 0) is 4.79 Å². The molecule has 0 N–H and O–H groups in total. The smallest absolute Gasteiger partial charge is 0.243 e. The molecule has 1 atom stereocenters. The van der Waals surface area contributed by atoms with Crippen molar-refractivity contribution in [1.82, 2.24) is 9.80 Å². The van der Waals surface area contributed by atoms with Gasteiger partial charge >= 0.3 is 0 Å². The molecule has 1 aliphatic heterocycles. The third-order valence-corrected chi connectivity index (χ3v) is 4.14. The number of carbonyl (C=O) groups is 1. The SMILES string of the molecule is CCC(C#N)(CC)C(=O)N1CCCN(C)CC1C. The van der Waals surface area contributed by atoms with Crippen LogP contribution in [0, 0.1) is 16.7 Å². The number of nitriles is 1. The summed E-state index contributed by atoms with van der Waals surface area (Å²) < 4.78 is 0. The minimum atomic E-state index is -0.822. The van der Waals surface area contributed by atoms with Crippen LogP contribution in [0.3, 0.4) is 0 Å². The standard InChI is InChI=1S/C14H25N3O/c1-5-14(6-2,11-15)13(18)17-9-7-8-16(4)10-12(17)3/h12H,5-10H2,1-4H3. The molecule has 0 aromatic carbocycles. The molecule has 1 amide bonds. The minimum absolute atomic E-state index is 0.0257. The van der Waals surface area contributed by atoms with Gasteiger partial charge in [-0.3, -0.25) is 4.79 Å². The normalized spacial score (nSPS) is 22.4. The van der Waals surface area contributed by atoms with Gasteiger partial charge in [0.2, 0.25) is 5.91 Å². The molecule has 1 heterocycles. The number of amides is 1. The minimum Gasteiger partial charge on any atom is -0.337 e. The molecule has 4 nitrogen and oxygen atoms in total. The first kappa shape index (κ1) is 15.0. The first-order valence-electron chi connectivity index (χ1n) is 6.91. The van der Waals surface area contributed by atoms with Gasteiger partial charge in [-0.1, -0.05) is 13.8 Å². The number of hydrogen-bond donors (Lipinski definition) is 0. The molecular formula is C14H25N3O. The molecule has 0 spiro atoms. The van der Waals surface area contributed by atoms with Crippen molar-refractivity contribution < 1.29 is 4.79 Å². The molecule has 0 aromatic heterocycles. The fraction of sp³-hybridized carbons (Fsp3) is 0.857. The maximum Gasteiger partial charge on any atom is 0.243 e. The van der Waals surface area contributed by atoms with Gasteiger partial charge in [0.25, 0.3) is 0 Å². The average Bonchev–Trinajstić information content (AvgIpc) is 2.52. The Morgan fingerprint density at radius 3 is 2.50 bits per heavy atom. The number of carbonyl (C=O) groups excluding carboxylic acids is 1. The fourth-order valence-corrected chi connectivity index (χ4v) is 2.71. The third-order valence-electron chi connectivity index (χ3n) is 4.14. The maximum atomic E-state index is 12.7. The Balaban J connectivity index is 2.91. The van der Waals surface area contributed by atoms with Gasteiger partial charge in [0.1, 0.15) is 5.41 Å². The summed E-state index contributed by atoms with van der Waals surface area (Å²) in [5.74, 6) is 0.0257. The Hall–Kier alpha value is -1.08. The lowest BCUT2D eigenvalue weighted by atomic mass is 9.82. The molecule has 0 aromatic rings. The first-order chi connectivity index (χ1) is 8.50. The van der Waals surface area contributed by atoms with Crippen LogP contribution in [-0.4, -0.2) is 48.4 Å². The van der Waals surface area contributed by atoms with Crippen LogP contribution in [0.4, 0.5) is 0 Å². The molecule has 0 saturated carbocycles. The Morgan fingerprint density at radius 2 is 2.00 bits per heavy atom. The lowest BCUT2D eigenvalue weighted by Gasteiger charge is -2.34. The van der Waals surface area contributed by atoms with Crippen molar-refractivity contribution in [2.75, 3.05) is 26.7 Å². The highest BCUT2D eigenvalue weighted by Crippen LogP contribution is 2.29. The molecule has 18 heavy (non-hydrogen) atoms. The van der Waals surface area contributed by atoms with Crippen molar-refractivity contribution in [3.05, 3.63) is 0 Å². The van der Waals surface area contributed by atoms with E-state index in [0.717, 1.165) is 26.1 Å². The van der Waals surface area contributed by atoms with E-state index in [9.17, 15) is 10.1 Å². The second-order valence-corrected chi connectivity index (χ2v) is 5.36. The molecule has 0 radical (unpaired) electrons. The van der Waals surface area contributed by atoms with Crippen LogP contribution in [0.15, 0.2) is 0 Å². The predicted molar refractivity (Wildman–Crippen MR) is 71.9 cm³/mol. The van der Waals surface area contributed by atoms with Crippen LogP contribution < -0.4 is 0 Å². The predicted octanol–water partition coefficient (Wildman–Crippen LogP) is 1.87. The summed E-state index contributed by atoms with van der Waals surface area (Å²) in [5.41, 5.74) is -0.822. The molecule has 1 aliphatic rings. The lowest BCUT2D eigenvalue weighted by molar-refractivity contribution is -0.141. The van der Waals surface area contributed by atoms with Crippen molar-refractivity contribution in [2.24, 2.45) is 5.41 Å². The highest BCUT2D eigenvalue weighted by Gasteiger charge is 2.40. The van der Waals surface area contributed by atoms with Gasteiger partial charge in [0.05, 0.1) is 6.07 Å². The number of rotatable bonds is 3. The topological polar surface area (TPSA) is 47.3 Å². The Morgan fingerprint density at radius 1 is 1.39 bits per heavy atom. The van der Waals surface area contributed by atoms with E-state index in [1.807, 2.05) is 18.7 Å². The molecular weight excluding hydrogens is 226 g/mol. The van der Waals surface area contributed by atoms with Gasteiger partial charge in [-0.15, -0.1) is 0 Å².